The Morgan fingerprint density at radius 2 is 1.85 bits per heavy atom. The maximum atomic E-state index is 14.0. The van der Waals surface area contributed by atoms with Gasteiger partial charge in [-0.05, 0) is 53.9 Å². The Kier molecular flexibility index (Phi) is 6.83. The lowest BCUT2D eigenvalue weighted by molar-refractivity contribution is 0.0948. The molecule has 0 saturated carbocycles. The van der Waals surface area contributed by atoms with Crippen LogP contribution in [0, 0.1) is 0 Å². The molecule has 2 N–H and O–H groups in total. The topological polar surface area (TPSA) is 78.5 Å². The van der Waals surface area contributed by atoms with E-state index < -0.39 is 16.1 Å². The number of fused-ring (bicyclic) bond motifs is 1. The molecule has 0 bridgehead atoms. The number of nitrogens with one attached hydrogen (secondary N) is 2. The fourth-order valence-electron chi connectivity index (χ4n) is 4.97. The molecule has 5 rings (SSSR count). The first-order valence-electron chi connectivity index (χ1n) is 11.8. The molecule has 1 unspecified atom stereocenters. The predicted octanol–water partition coefficient (Wildman–Crippen LogP) is 3.96. The van der Waals surface area contributed by atoms with E-state index in [1.165, 1.54) is 11.3 Å². The van der Waals surface area contributed by atoms with Gasteiger partial charge in [-0.1, -0.05) is 61.0 Å². The van der Waals surface area contributed by atoms with E-state index in [9.17, 15) is 13.2 Å². The quantitative estimate of drug-likeness (QED) is 0.543. The maximum Gasteiger partial charge on any atom is 0.262 e. The fourth-order valence-corrected chi connectivity index (χ4v) is 7.88. The lowest BCUT2D eigenvalue weighted by Crippen LogP contribution is -2.44. The van der Waals surface area contributed by atoms with Gasteiger partial charge in [0.15, 0.2) is 0 Å². The van der Waals surface area contributed by atoms with E-state index in [2.05, 4.69) is 16.7 Å². The standard InChI is InChI=1S/C26H29N3O3S2/c30-26(28-18-21-11-6-7-15-27-21)25-23(14-17-33-25)34(31,32)29-16-13-19-8-4-5-12-22(19)24(29)20-9-2-1-3-10-20/h1-5,8-10,12,14,17,21,24,27H,6-7,11,13,15-16,18H2,(H,28,30)/t21-,24?/m1/s1. The van der Waals surface area contributed by atoms with Crippen LogP contribution < -0.4 is 10.6 Å². The van der Waals surface area contributed by atoms with Gasteiger partial charge in [-0.3, -0.25) is 4.79 Å². The molecule has 0 spiro atoms. The van der Waals surface area contributed by atoms with Crippen molar-refractivity contribution in [3.8, 4) is 0 Å². The van der Waals surface area contributed by atoms with Crippen LogP contribution in [0.4, 0.5) is 0 Å². The van der Waals surface area contributed by atoms with E-state index >= 15 is 0 Å². The fraction of sp³-hybridized carbons (Fsp3) is 0.346. The third kappa shape index (κ3) is 4.55. The maximum absolute atomic E-state index is 14.0. The van der Waals surface area contributed by atoms with Crippen LogP contribution in [0.2, 0.25) is 0 Å². The van der Waals surface area contributed by atoms with Crippen LogP contribution in [0.1, 0.15) is 51.7 Å². The Hall–Kier alpha value is -2.52. The van der Waals surface area contributed by atoms with Crippen molar-refractivity contribution in [3.63, 3.8) is 0 Å². The number of carbonyl (C=O) groups is 1. The average molecular weight is 496 g/mol. The summed E-state index contributed by atoms with van der Waals surface area (Å²) >= 11 is 1.18. The van der Waals surface area contributed by atoms with Crippen LogP contribution in [-0.2, 0) is 16.4 Å². The molecule has 2 aliphatic heterocycles. The molecule has 178 valence electrons. The Balaban J connectivity index is 1.45. The molecule has 3 aromatic rings. The van der Waals surface area contributed by atoms with Crippen LogP contribution in [0.5, 0.6) is 0 Å². The number of piperidine rings is 1. The molecule has 2 aromatic carbocycles. The van der Waals surface area contributed by atoms with Crippen LogP contribution in [0.3, 0.4) is 0 Å². The Morgan fingerprint density at radius 3 is 2.65 bits per heavy atom. The van der Waals surface area contributed by atoms with Crippen molar-refractivity contribution in [2.45, 2.75) is 42.7 Å². The minimum atomic E-state index is -3.91. The van der Waals surface area contributed by atoms with E-state index in [0.717, 1.165) is 42.5 Å². The van der Waals surface area contributed by atoms with Crippen LogP contribution in [0.15, 0.2) is 70.9 Å². The number of hydrogen-bond acceptors (Lipinski definition) is 5. The van der Waals surface area contributed by atoms with Crippen molar-refractivity contribution < 1.29 is 13.2 Å². The molecule has 2 atom stereocenters. The van der Waals surface area contributed by atoms with Crippen LogP contribution in [-0.4, -0.2) is 44.3 Å². The zero-order valence-corrected chi connectivity index (χ0v) is 20.6. The molecule has 1 saturated heterocycles. The average Bonchev–Trinajstić information content (AvgIpc) is 3.39. The third-order valence-corrected chi connectivity index (χ3v) is 9.65. The monoisotopic (exact) mass is 495 g/mol. The molecular weight excluding hydrogens is 466 g/mol. The first kappa shape index (κ1) is 23.2. The number of benzene rings is 2. The minimum absolute atomic E-state index is 0.0897. The second kappa shape index (κ2) is 10.00. The molecule has 8 heteroatoms. The van der Waals surface area contributed by atoms with Gasteiger partial charge in [0.1, 0.15) is 9.77 Å². The van der Waals surface area contributed by atoms with Crippen molar-refractivity contribution >= 4 is 27.3 Å². The van der Waals surface area contributed by atoms with Gasteiger partial charge < -0.3 is 10.6 Å². The van der Waals surface area contributed by atoms with E-state index in [1.807, 2.05) is 48.5 Å². The number of amides is 1. The van der Waals surface area contributed by atoms with Gasteiger partial charge in [0, 0.05) is 19.1 Å². The van der Waals surface area contributed by atoms with Gasteiger partial charge in [0.25, 0.3) is 5.91 Å². The summed E-state index contributed by atoms with van der Waals surface area (Å²) in [7, 11) is -3.91. The highest BCUT2D eigenvalue weighted by Crippen LogP contribution is 2.39. The van der Waals surface area contributed by atoms with Crippen molar-refractivity contribution in [3.05, 3.63) is 87.6 Å². The van der Waals surface area contributed by atoms with Crippen molar-refractivity contribution in [1.29, 1.82) is 0 Å². The van der Waals surface area contributed by atoms with Gasteiger partial charge in [-0.25, -0.2) is 8.42 Å². The third-order valence-electron chi connectivity index (χ3n) is 6.70. The molecule has 1 fully saturated rings. The van der Waals surface area contributed by atoms with E-state index in [-0.39, 0.29) is 21.7 Å². The molecule has 2 aliphatic rings. The summed E-state index contributed by atoms with van der Waals surface area (Å²) in [5.74, 6) is -0.324. The number of nitrogens with zero attached hydrogens (tertiary/aromatic N) is 1. The number of hydrogen-bond donors (Lipinski definition) is 2. The molecule has 34 heavy (non-hydrogen) atoms. The van der Waals surface area contributed by atoms with Crippen molar-refractivity contribution in [1.82, 2.24) is 14.9 Å². The summed E-state index contributed by atoms with van der Waals surface area (Å²) in [4.78, 5) is 13.4. The van der Waals surface area contributed by atoms with Crippen LogP contribution in [0.25, 0.3) is 0 Å². The lowest BCUT2D eigenvalue weighted by Gasteiger charge is -2.36. The van der Waals surface area contributed by atoms with E-state index in [1.54, 1.807) is 15.8 Å². The minimum Gasteiger partial charge on any atom is -0.350 e. The summed E-state index contributed by atoms with van der Waals surface area (Å²) in [6.07, 6.45) is 3.95. The second-order valence-electron chi connectivity index (χ2n) is 8.85. The first-order chi connectivity index (χ1) is 16.6. The van der Waals surface area contributed by atoms with Crippen LogP contribution >= 0.6 is 11.3 Å². The number of carbonyl (C=O) groups excluding carboxylic acids is 1. The second-order valence-corrected chi connectivity index (χ2v) is 11.6. The zero-order chi connectivity index (χ0) is 23.5. The largest absolute Gasteiger partial charge is 0.350 e. The highest BCUT2D eigenvalue weighted by atomic mass is 32.2. The van der Waals surface area contributed by atoms with Gasteiger partial charge in [-0.2, -0.15) is 4.31 Å². The van der Waals surface area contributed by atoms with Gasteiger partial charge in [0.05, 0.1) is 6.04 Å². The van der Waals surface area contributed by atoms with Gasteiger partial charge in [0.2, 0.25) is 10.0 Å². The Labute approximate surface area is 205 Å². The van der Waals surface area contributed by atoms with Crippen molar-refractivity contribution in [2.75, 3.05) is 19.6 Å². The summed E-state index contributed by atoms with van der Waals surface area (Å²) in [6, 6.07) is 19.1. The first-order valence-corrected chi connectivity index (χ1v) is 14.1. The summed E-state index contributed by atoms with van der Waals surface area (Å²) < 4.78 is 29.6. The normalized spacial score (nSPS) is 21.1. The smallest absolute Gasteiger partial charge is 0.262 e. The Bertz CT molecular complexity index is 1250. The SMILES string of the molecule is O=C(NC[C@H]1CCCCN1)c1sccc1S(=O)(=O)N1CCc2ccccc2C1c1ccccc1. The van der Waals surface area contributed by atoms with Gasteiger partial charge >= 0.3 is 0 Å². The Morgan fingerprint density at radius 1 is 1.06 bits per heavy atom. The zero-order valence-electron chi connectivity index (χ0n) is 18.9. The molecule has 0 aliphatic carbocycles. The number of rotatable bonds is 6. The summed E-state index contributed by atoms with van der Waals surface area (Å²) in [5, 5.41) is 8.06. The highest BCUT2D eigenvalue weighted by molar-refractivity contribution is 7.89. The molecular formula is C26H29N3O3S2. The van der Waals surface area contributed by atoms with Gasteiger partial charge in [-0.15, -0.1) is 11.3 Å². The number of thiophene rings is 1. The number of sulfonamides is 1. The summed E-state index contributed by atoms with van der Waals surface area (Å²) in [6.45, 7) is 1.82. The molecule has 1 amide bonds. The predicted molar refractivity (Wildman–Crippen MR) is 135 cm³/mol. The highest BCUT2D eigenvalue weighted by Gasteiger charge is 2.39. The van der Waals surface area contributed by atoms with Crippen molar-refractivity contribution in [2.24, 2.45) is 0 Å². The van der Waals surface area contributed by atoms with E-state index in [0.29, 0.717) is 19.5 Å². The molecule has 6 nitrogen and oxygen atoms in total. The molecule has 1 aromatic heterocycles. The molecule has 3 heterocycles. The molecule has 0 radical (unpaired) electrons. The van der Waals surface area contributed by atoms with E-state index in [4.69, 9.17) is 0 Å². The lowest BCUT2D eigenvalue weighted by atomic mass is 9.90. The summed E-state index contributed by atoms with van der Waals surface area (Å²) in [5.41, 5.74) is 3.07.